The highest BCUT2D eigenvalue weighted by molar-refractivity contribution is 5.78. The van der Waals surface area contributed by atoms with E-state index in [1.165, 1.54) is 5.56 Å². The van der Waals surface area contributed by atoms with Crippen LogP contribution in [0.5, 0.6) is 0 Å². The van der Waals surface area contributed by atoms with Gasteiger partial charge in [-0.05, 0) is 31.0 Å². The van der Waals surface area contributed by atoms with Crippen LogP contribution in [-0.4, -0.2) is 58.2 Å². The van der Waals surface area contributed by atoms with Crippen LogP contribution in [0, 0.1) is 0 Å². The molecule has 0 spiro atoms. The number of benzene rings is 1. The Morgan fingerprint density at radius 1 is 1.32 bits per heavy atom. The Labute approximate surface area is 129 Å². The largest absolute Gasteiger partial charge is 0.336 e. The number of nitrogens with zero attached hydrogens (tertiary/aromatic N) is 3. The van der Waals surface area contributed by atoms with E-state index in [9.17, 15) is 4.79 Å². The van der Waals surface area contributed by atoms with Crippen LogP contribution in [-0.2, 0) is 6.54 Å². The zero-order valence-corrected chi connectivity index (χ0v) is 12.6. The van der Waals surface area contributed by atoms with E-state index in [-0.39, 0.29) is 6.03 Å². The molecule has 116 valence electrons. The zero-order chi connectivity index (χ0) is 14.9. The van der Waals surface area contributed by atoms with Crippen LogP contribution in [0.15, 0.2) is 24.4 Å². The number of piperidine rings is 1. The molecule has 2 N–H and O–H groups in total. The van der Waals surface area contributed by atoms with Crippen LogP contribution in [0.2, 0.25) is 0 Å². The van der Waals surface area contributed by atoms with Crippen LogP contribution in [0.1, 0.15) is 18.4 Å². The van der Waals surface area contributed by atoms with E-state index in [0.29, 0.717) is 6.04 Å². The molecule has 22 heavy (non-hydrogen) atoms. The lowest BCUT2D eigenvalue weighted by Crippen LogP contribution is -2.48. The number of aromatic amines is 1. The lowest BCUT2D eigenvalue weighted by Gasteiger charge is -2.37. The minimum atomic E-state index is 0.103. The molecule has 1 aromatic heterocycles. The zero-order valence-electron chi connectivity index (χ0n) is 12.6. The first-order chi connectivity index (χ1) is 10.8. The summed E-state index contributed by atoms with van der Waals surface area (Å²) >= 11 is 0. The van der Waals surface area contributed by atoms with Crippen molar-refractivity contribution in [3.63, 3.8) is 0 Å². The fraction of sp³-hybridized carbons (Fsp3) is 0.500. The first kappa shape index (κ1) is 13.6. The molecule has 6 nitrogen and oxygen atoms in total. The molecule has 2 aliphatic rings. The SMILES string of the molecule is O=C1NCCN1C1CCCN(Cc2ccc3cn[nH]c3c2)C1. The van der Waals surface area contributed by atoms with Gasteiger partial charge in [0.25, 0.3) is 0 Å². The molecule has 2 aliphatic heterocycles. The molecule has 1 unspecified atom stereocenters. The number of likely N-dealkylation sites (tertiary alicyclic amines) is 1. The van der Waals surface area contributed by atoms with Gasteiger partial charge in [0.05, 0.1) is 11.7 Å². The highest BCUT2D eigenvalue weighted by atomic mass is 16.2. The average molecular weight is 299 g/mol. The molecule has 0 bridgehead atoms. The third-order valence-corrected chi connectivity index (χ3v) is 4.72. The van der Waals surface area contributed by atoms with Gasteiger partial charge in [-0.25, -0.2) is 4.79 Å². The van der Waals surface area contributed by atoms with Crippen LogP contribution in [0.3, 0.4) is 0 Å². The Kier molecular flexibility index (Phi) is 3.46. The van der Waals surface area contributed by atoms with Crippen molar-refractivity contribution in [2.75, 3.05) is 26.2 Å². The minimum absolute atomic E-state index is 0.103. The number of carbonyl (C=O) groups excluding carboxylic acids is 1. The average Bonchev–Trinajstić information content (AvgIpc) is 3.15. The molecular formula is C16H21N5O. The van der Waals surface area contributed by atoms with Gasteiger partial charge in [-0.3, -0.25) is 10.00 Å². The smallest absolute Gasteiger partial charge is 0.317 e. The number of carbonyl (C=O) groups is 1. The van der Waals surface area contributed by atoms with Crippen LogP contribution in [0.25, 0.3) is 10.9 Å². The molecule has 2 aromatic rings. The number of rotatable bonds is 3. The van der Waals surface area contributed by atoms with Crippen LogP contribution < -0.4 is 5.32 Å². The van der Waals surface area contributed by atoms with Crippen molar-refractivity contribution in [3.8, 4) is 0 Å². The summed E-state index contributed by atoms with van der Waals surface area (Å²) in [5.41, 5.74) is 2.38. The Balaban J connectivity index is 1.44. The van der Waals surface area contributed by atoms with Crippen molar-refractivity contribution in [2.24, 2.45) is 0 Å². The maximum absolute atomic E-state index is 11.8. The normalized spacial score (nSPS) is 23.2. The maximum Gasteiger partial charge on any atom is 0.317 e. The molecule has 1 atom stereocenters. The lowest BCUT2D eigenvalue weighted by atomic mass is 10.0. The number of H-pyrrole nitrogens is 1. The van der Waals surface area contributed by atoms with E-state index in [2.05, 4.69) is 38.6 Å². The number of urea groups is 1. The van der Waals surface area contributed by atoms with Gasteiger partial charge < -0.3 is 10.2 Å². The Morgan fingerprint density at radius 2 is 2.27 bits per heavy atom. The number of hydrogen-bond acceptors (Lipinski definition) is 3. The van der Waals surface area contributed by atoms with E-state index in [4.69, 9.17) is 0 Å². The molecule has 0 radical (unpaired) electrons. The first-order valence-electron chi connectivity index (χ1n) is 7.98. The number of aromatic nitrogens is 2. The Morgan fingerprint density at radius 3 is 3.14 bits per heavy atom. The van der Waals surface area contributed by atoms with Gasteiger partial charge in [-0.15, -0.1) is 0 Å². The molecule has 2 saturated heterocycles. The van der Waals surface area contributed by atoms with E-state index < -0.39 is 0 Å². The summed E-state index contributed by atoms with van der Waals surface area (Å²) in [6, 6.07) is 6.92. The van der Waals surface area contributed by atoms with Crippen molar-refractivity contribution in [1.29, 1.82) is 0 Å². The second kappa shape index (κ2) is 5.61. The van der Waals surface area contributed by atoms with E-state index in [0.717, 1.165) is 56.5 Å². The molecule has 4 rings (SSSR count). The maximum atomic E-state index is 11.8. The van der Waals surface area contributed by atoms with Gasteiger partial charge in [0.15, 0.2) is 0 Å². The summed E-state index contributed by atoms with van der Waals surface area (Å²) in [6.45, 7) is 4.63. The van der Waals surface area contributed by atoms with Gasteiger partial charge in [-0.1, -0.05) is 12.1 Å². The first-order valence-corrected chi connectivity index (χ1v) is 7.98. The topological polar surface area (TPSA) is 64.3 Å². The predicted octanol–water partition coefficient (Wildman–Crippen LogP) is 1.55. The molecule has 3 heterocycles. The monoisotopic (exact) mass is 299 g/mol. The van der Waals surface area contributed by atoms with E-state index in [1.807, 2.05) is 11.1 Å². The highest BCUT2D eigenvalue weighted by Crippen LogP contribution is 2.20. The minimum Gasteiger partial charge on any atom is -0.336 e. The van der Waals surface area contributed by atoms with Crippen molar-refractivity contribution < 1.29 is 4.79 Å². The van der Waals surface area contributed by atoms with Gasteiger partial charge in [0.2, 0.25) is 0 Å². The summed E-state index contributed by atoms with van der Waals surface area (Å²) in [7, 11) is 0. The number of hydrogen-bond donors (Lipinski definition) is 2. The van der Waals surface area contributed by atoms with Crippen LogP contribution >= 0.6 is 0 Å². The molecule has 6 heteroatoms. The van der Waals surface area contributed by atoms with Crippen molar-refractivity contribution in [3.05, 3.63) is 30.0 Å². The fourth-order valence-corrected chi connectivity index (χ4v) is 3.60. The summed E-state index contributed by atoms with van der Waals surface area (Å²) < 4.78 is 0. The summed E-state index contributed by atoms with van der Waals surface area (Å²) in [5, 5.41) is 11.2. The van der Waals surface area contributed by atoms with Crippen molar-refractivity contribution in [1.82, 2.24) is 25.3 Å². The van der Waals surface area contributed by atoms with Crippen LogP contribution in [0.4, 0.5) is 4.79 Å². The molecule has 1 aromatic carbocycles. The fourth-order valence-electron chi connectivity index (χ4n) is 3.60. The summed E-state index contributed by atoms with van der Waals surface area (Å²) in [6.07, 6.45) is 4.12. The molecule has 2 amide bonds. The Bertz CT molecular complexity index is 682. The number of nitrogens with one attached hydrogen (secondary N) is 2. The molecule has 0 aliphatic carbocycles. The second-order valence-corrected chi connectivity index (χ2v) is 6.25. The van der Waals surface area contributed by atoms with Gasteiger partial charge in [0.1, 0.15) is 0 Å². The highest BCUT2D eigenvalue weighted by Gasteiger charge is 2.31. The van der Waals surface area contributed by atoms with E-state index in [1.54, 1.807) is 0 Å². The molecular weight excluding hydrogens is 278 g/mol. The second-order valence-electron chi connectivity index (χ2n) is 6.25. The number of amides is 2. The summed E-state index contributed by atoms with van der Waals surface area (Å²) in [5.74, 6) is 0. The third kappa shape index (κ3) is 2.54. The third-order valence-electron chi connectivity index (χ3n) is 4.72. The van der Waals surface area contributed by atoms with Gasteiger partial charge in [0, 0.05) is 37.6 Å². The number of fused-ring (bicyclic) bond motifs is 1. The Hall–Kier alpha value is -2.08. The van der Waals surface area contributed by atoms with Crippen molar-refractivity contribution in [2.45, 2.75) is 25.4 Å². The van der Waals surface area contributed by atoms with Gasteiger partial charge in [-0.2, -0.15) is 5.10 Å². The predicted molar refractivity (Wildman–Crippen MR) is 84.5 cm³/mol. The molecule has 2 fully saturated rings. The van der Waals surface area contributed by atoms with Gasteiger partial charge >= 0.3 is 6.03 Å². The standard InChI is InChI=1S/C16H21N5O/c22-16-17-5-7-21(16)14-2-1-6-20(11-14)10-12-3-4-13-9-18-19-15(13)8-12/h3-4,8-9,14H,1-2,5-7,10-11H2,(H,17,22)(H,18,19). The lowest BCUT2D eigenvalue weighted by molar-refractivity contribution is 0.122. The summed E-state index contributed by atoms with van der Waals surface area (Å²) in [4.78, 5) is 16.3. The van der Waals surface area contributed by atoms with E-state index >= 15 is 0 Å². The van der Waals surface area contributed by atoms with Crippen molar-refractivity contribution >= 4 is 16.9 Å². The quantitative estimate of drug-likeness (QED) is 0.904. The molecule has 0 saturated carbocycles.